The Morgan fingerprint density at radius 1 is 1.56 bits per heavy atom. The number of hydrogen-bond donors (Lipinski definition) is 3. The first-order valence-corrected chi connectivity index (χ1v) is 5.88. The van der Waals surface area contributed by atoms with E-state index in [1.807, 2.05) is 18.2 Å². The fraction of sp³-hybridized carbons (Fsp3) is 0.455. The lowest BCUT2D eigenvalue weighted by Gasteiger charge is -2.12. The molecule has 16 heavy (non-hydrogen) atoms. The number of aliphatic hydroxyl groups excluding tert-OH is 1. The number of rotatable bonds is 6. The molecule has 0 aromatic heterocycles. The van der Waals surface area contributed by atoms with Crippen LogP contribution in [0.4, 0.5) is 11.4 Å². The van der Waals surface area contributed by atoms with Crippen molar-refractivity contribution in [2.75, 3.05) is 31.3 Å². The molecule has 1 rings (SSSR count). The van der Waals surface area contributed by atoms with Crippen LogP contribution in [0.25, 0.3) is 0 Å². The molecule has 0 aliphatic heterocycles. The van der Waals surface area contributed by atoms with E-state index in [4.69, 9.17) is 10.5 Å². The van der Waals surface area contributed by atoms with Gasteiger partial charge in [0.1, 0.15) is 0 Å². The molecule has 90 valence electrons. The maximum atomic E-state index is 9.44. The van der Waals surface area contributed by atoms with E-state index in [0.29, 0.717) is 19.6 Å². The average molecular weight is 289 g/mol. The smallest absolute Gasteiger partial charge is 0.0790 e. The Morgan fingerprint density at radius 2 is 2.31 bits per heavy atom. The molecule has 4 nitrogen and oxygen atoms in total. The summed E-state index contributed by atoms with van der Waals surface area (Å²) in [6.07, 6.45) is 0.218. The Hall–Kier alpha value is -0.780. The van der Waals surface area contributed by atoms with Crippen LogP contribution in [0.1, 0.15) is 6.42 Å². The molecule has 4 N–H and O–H groups in total. The molecule has 0 bridgehead atoms. The van der Waals surface area contributed by atoms with Crippen LogP contribution in [-0.4, -0.2) is 31.5 Å². The van der Waals surface area contributed by atoms with E-state index < -0.39 is 6.10 Å². The van der Waals surface area contributed by atoms with Gasteiger partial charge in [-0.15, -0.1) is 0 Å². The number of aliphatic hydroxyl groups is 1. The van der Waals surface area contributed by atoms with Crippen LogP contribution >= 0.6 is 15.9 Å². The van der Waals surface area contributed by atoms with Gasteiger partial charge in [0.25, 0.3) is 0 Å². The highest BCUT2D eigenvalue weighted by Crippen LogP contribution is 2.24. The number of methoxy groups -OCH3 is 1. The SMILES string of the molecule is COCC(O)CCNc1ccc(N)cc1Br. The van der Waals surface area contributed by atoms with Crippen molar-refractivity contribution in [2.24, 2.45) is 0 Å². The molecule has 0 spiro atoms. The van der Waals surface area contributed by atoms with Gasteiger partial charge < -0.3 is 20.9 Å². The van der Waals surface area contributed by atoms with Crippen LogP contribution in [0.3, 0.4) is 0 Å². The molecule has 1 unspecified atom stereocenters. The zero-order chi connectivity index (χ0) is 12.0. The number of benzene rings is 1. The van der Waals surface area contributed by atoms with Crippen molar-refractivity contribution in [1.29, 1.82) is 0 Å². The molecule has 0 amide bonds. The van der Waals surface area contributed by atoms with Gasteiger partial charge in [-0.2, -0.15) is 0 Å². The number of nitrogens with one attached hydrogen (secondary N) is 1. The monoisotopic (exact) mass is 288 g/mol. The van der Waals surface area contributed by atoms with Crippen LogP contribution in [0.2, 0.25) is 0 Å². The molecule has 1 aromatic rings. The first-order chi connectivity index (χ1) is 7.63. The standard InChI is InChI=1S/C11H17BrN2O2/c1-16-7-9(15)4-5-14-11-3-2-8(13)6-10(11)12/h2-3,6,9,14-15H,4-5,7,13H2,1H3. The van der Waals surface area contributed by atoms with E-state index in [1.54, 1.807) is 7.11 Å². The minimum Gasteiger partial charge on any atom is -0.399 e. The molecular weight excluding hydrogens is 272 g/mol. The molecule has 0 heterocycles. The van der Waals surface area contributed by atoms with Crippen molar-refractivity contribution in [3.63, 3.8) is 0 Å². The topological polar surface area (TPSA) is 67.5 Å². The van der Waals surface area contributed by atoms with Crippen molar-refractivity contribution >= 4 is 27.3 Å². The second-order valence-electron chi connectivity index (χ2n) is 3.56. The minimum absolute atomic E-state index is 0.366. The third-order valence-corrected chi connectivity index (χ3v) is 2.80. The lowest BCUT2D eigenvalue weighted by atomic mass is 10.2. The van der Waals surface area contributed by atoms with Crippen LogP contribution in [-0.2, 0) is 4.74 Å². The summed E-state index contributed by atoms with van der Waals surface area (Å²) in [6.45, 7) is 1.05. The first kappa shape index (κ1) is 13.3. The third-order valence-electron chi connectivity index (χ3n) is 2.15. The van der Waals surface area contributed by atoms with Crippen LogP contribution in [0.5, 0.6) is 0 Å². The number of anilines is 2. The lowest BCUT2D eigenvalue weighted by Crippen LogP contribution is -2.18. The summed E-state index contributed by atoms with van der Waals surface area (Å²) in [4.78, 5) is 0. The molecule has 5 heteroatoms. The fourth-order valence-corrected chi connectivity index (χ4v) is 1.86. The number of halogens is 1. The Kier molecular flexibility index (Phi) is 5.59. The van der Waals surface area contributed by atoms with Gasteiger partial charge in [-0.1, -0.05) is 0 Å². The van der Waals surface area contributed by atoms with Crippen molar-refractivity contribution in [1.82, 2.24) is 0 Å². The van der Waals surface area contributed by atoms with Crippen LogP contribution in [0.15, 0.2) is 22.7 Å². The molecule has 0 saturated carbocycles. The quantitative estimate of drug-likeness (QED) is 0.699. The fourth-order valence-electron chi connectivity index (χ4n) is 1.32. The van der Waals surface area contributed by atoms with Gasteiger partial charge in [0.15, 0.2) is 0 Å². The van der Waals surface area contributed by atoms with Gasteiger partial charge in [0, 0.05) is 29.5 Å². The zero-order valence-corrected chi connectivity index (χ0v) is 10.8. The highest BCUT2D eigenvalue weighted by Gasteiger charge is 2.04. The number of nitrogens with two attached hydrogens (primary N) is 1. The summed E-state index contributed by atoms with van der Waals surface area (Å²) in [5.41, 5.74) is 7.32. The molecule has 1 aromatic carbocycles. The highest BCUT2D eigenvalue weighted by molar-refractivity contribution is 9.10. The second-order valence-corrected chi connectivity index (χ2v) is 4.42. The normalized spacial score (nSPS) is 12.4. The predicted molar refractivity (Wildman–Crippen MR) is 69.5 cm³/mol. The molecule has 0 saturated heterocycles. The molecule has 0 aliphatic carbocycles. The largest absolute Gasteiger partial charge is 0.399 e. The van der Waals surface area contributed by atoms with Crippen molar-refractivity contribution in [2.45, 2.75) is 12.5 Å². The van der Waals surface area contributed by atoms with Crippen molar-refractivity contribution in [3.8, 4) is 0 Å². The zero-order valence-electron chi connectivity index (χ0n) is 9.24. The Morgan fingerprint density at radius 3 is 2.94 bits per heavy atom. The van der Waals surface area contributed by atoms with E-state index in [0.717, 1.165) is 15.8 Å². The maximum Gasteiger partial charge on any atom is 0.0790 e. The molecule has 0 fully saturated rings. The minimum atomic E-state index is -0.426. The lowest BCUT2D eigenvalue weighted by molar-refractivity contribution is 0.0615. The van der Waals surface area contributed by atoms with E-state index in [-0.39, 0.29) is 0 Å². The summed E-state index contributed by atoms with van der Waals surface area (Å²) in [6, 6.07) is 5.58. The van der Waals surface area contributed by atoms with E-state index in [1.165, 1.54) is 0 Å². The average Bonchev–Trinajstić information content (AvgIpc) is 2.22. The van der Waals surface area contributed by atoms with Gasteiger partial charge in [0.05, 0.1) is 12.7 Å². The van der Waals surface area contributed by atoms with Crippen molar-refractivity contribution < 1.29 is 9.84 Å². The summed E-state index contributed by atoms with van der Waals surface area (Å²) in [5, 5.41) is 12.7. The van der Waals surface area contributed by atoms with Gasteiger partial charge in [-0.3, -0.25) is 0 Å². The molecule has 0 radical (unpaired) electrons. The summed E-state index contributed by atoms with van der Waals surface area (Å²) < 4.78 is 5.77. The Labute approximate surface area is 104 Å². The molecule has 0 aliphatic rings. The number of hydrogen-bond acceptors (Lipinski definition) is 4. The Bertz CT molecular complexity index is 334. The first-order valence-electron chi connectivity index (χ1n) is 5.09. The van der Waals surface area contributed by atoms with Gasteiger partial charge in [0.2, 0.25) is 0 Å². The summed E-state index contributed by atoms with van der Waals surface area (Å²) >= 11 is 3.42. The van der Waals surface area contributed by atoms with Gasteiger partial charge in [-0.05, 0) is 40.5 Å². The molecule has 1 atom stereocenters. The van der Waals surface area contributed by atoms with E-state index >= 15 is 0 Å². The van der Waals surface area contributed by atoms with Crippen molar-refractivity contribution in [3.05, 3.63) is 22.7 Å². The van der Waals surface area contributed by atoms with Gasteiger partial charge >= 0.3 is 0 Å². The van der Waals surface area contributed by atoms with Gasteiger partial charge in [-0.25, -0.2) is 0 Å². The highest BCUT2D eigenvalue weighted by atomic mass is 79.9. The van der Waals surface area contributed by atoms with E-state index in [2.05, 4.69) is 21.2 Å². The van der Waals surface area contributed by atoms with E-state index in [9.17, 15) is 5.11 Å². The van der Waals surface area contributed by atoms with Crippen LogP contribution in [0, 0.1) is 0 Å². The second kappa shape index (κ2) is 6.73. The third kappa shape index (κ3) is 4.38. The van der Waals surface area contributed by atoms with Crippen LogP contribution < -0.4 is 11.1 Å². The molecular formula is C11H17BrN2O2. The maximum absolute atomic E-state index is 9.44. The number of nitrogen functional groups attached to an aromatic ring is 1. The summed E-state index contributed by atoms with van der Waals surface area (Å²) in [5.74, 6) is 0. The number of ether oxygens (including phenoxy) is 1. The predicted octanol–water partition coefficient (Wildman–Crippen LogP) is 1.84. The summed E-state index contributed by atoms with van der Waals surface area (Å²) in [7, 11) is 1.58. The Balaban J connectivity index is 2.37.